The summed E-state index contributed by atoms with van der Waals surface area (Å²) in [6.45, 7) is 3.04. The Labute approximate surface area is 259 Å². The molecule has 0 unspecified atom stereocenters. The molecule has 0 bridgehead atoms. The van der Waals surface area contributed by atoms with Crippen molar-refractivity contribution in [2.45, 2.75) is 64.0 Å². The van der Waals surface area contributed by atoms with Gasteiger partial charge in [-0.1, -0.05) is 43.5 Å². The highest BCUT2D eigenvalue weighted by atomic mass is 19.4. The molecule has 2 saturated heterocycles. The number of oxazole rings is 1. The standard InChI is InChI=1S/C33H37F4N5O3/c34-25-7-3-2-6-24(25)21-28(44)41-18-16-40(17-19-41)27-9-8-23(22-38-27)20-26(43)29-30(33(35,36)37)39-31(45-29)42-14-12-32(13-15-42)10-4-1-5-11-32/h2-3,6-9,22H,1,4-5,10-21H2. The van der Waals surface area contributed by atoms with Gasteiger partial charge in [-0.3, -0.25) is 9.59 Å². The molecular weight excluding hydrogens is 590 g/mol. The van der Waals surface area contributed by atoms with Crippen LogP contribution in [-0.2, 0) is 23.8 Å². The lowest BCUT2D eigenvalue weighted by Crippen LogP contribution is -2.49. The summed E-state index contributed by atoms with van der Waals surface area (Å²) in [5.74, 6) is -1.50. The average Bonchev–Trinajstić information content (AvgIpc) is 3.50. The van der Waals surface area contributed by atoms with E-state index in [1.165, 1.54) is 31.5 Å². The molecule has 240 valence electrons. The molecule has 45 heavy (non-hydrogen) atoms. The van der Waals surface area contributed by atoms with Crippen LogP contribution in [0, 0.1) is 11.2 Å². The number of nitrogens with zero attached hydrogens (tertiary/aromatic N) is 5. The fraction of sp³-hybridized carbons (Fsp3) is 0.515. The minimum atomic E-state index is -4.83. The highest BCUT2D eigenvalue weighted by Gasteiger charge is 2.43. The van der Waals surface area contributed by atoms with E-state index in [0.717, 1.165) is 25.7 Å². The number of ketones is 1. The van der Waals surface area contributed by atoms with Gasteiger partial charge >= 0.3 is 6.18 Å². The summed E-state index contributed by atoms with van der Waals surface area (Å²) in [6, 6.07) is 9.45. The average molecular weight is 628 g/mol. The van der Waals surface area contributed by atoms with Crippen molar-refractivity contribution < 1.29 is 31.6 Å². The van der Waals surface area contributed by atoms with Crippen molar-refractivity contribution in [3.05, 3.63) is 71.0 Å². The predicted octanol–water partition coefficient (Wildman–Crippen LogP) is 6.09. The van der Waals surface area contributed by atoms with Crippen molar-refractivity contribution in [3.8, 4) is 0 Å². The Bertz CT molecular complexity index is 1500. The molecule has 0 atom stereocenters. The third kappa shape index (κ3) is 6.99. The molecular formula is C33H37F4N5O3. The van der Waals surface area contributed by atoms with Gasteiger partial charge in [-0.05, 0) is 54.4 Å². The Balaban J connectivity index is 1.06. The van der Waals surface area contributed by atoms with Crippen LogP contribution in [-0.4, -0.2) is 65.8 Å². The molecule has 1 saturated carbocycles. The van der Waals surface area contributed by atoms with Crippen molar-refractivity contribution in [1.82, 2.24) is 14.9 Å². The van der Waals surface area contributed by atoms with E-state index in [2.05, 4.69) is 9.97 Å². The molecule has 1 amide bonds. The molecule has 1 aliphatic carbocycles. The number of pyridine rings is 1. The predicted molar refractivity (Wildman–Crippen MR) is 160 cm³/mol. The molecule has 0 radical (unpaired) electrons. The van der Waals surface area contributed by atoms with Crippen molar-refractivity contribution in [3.63, 3.8) is 0 Å². The monoisotopic (exact) mass is 627 g/mol. The van der Waals surface area contributed by atoms with Gasteiger partial charge in [-0.2, -0.15) is 18.2 Å². The van der Waals surface area contributed by atoms with Crippen LogP contribution in [0.15, 0.2) is 47.0 Å². The lowest BCUT2D eigenvalue weighted by atomic mass is 9.68. The number of anilines is 2. The number of piperazine rings is 1. The lowest BCUT2D eigenvalue weighted by molar-refractivity contribution is -0.141. The van der Waals surface area contributed by atoms with Crippen LogP contribution in [0.4, 0.5) is 29.4 Å². The summed E-state index contributed by atoms with van der Waals surface area (Å²) in [4.78, 5) is 39.4. The number of piperidine rings is 1. The normalized spacial score (nSPS) is 18.8. The van der Waals surface area contributed by atoms with Crippen molar-refractivity contribution in [2.75, 3.05) is 49.1 Å². The van der Waals surface area contributed by atoms with E-state index in [1.807, 2.05) is 4.90 Å². The van der Waals surface area contributed by atoms with Crippen LogP contribution in [0.25, 0.3) is 0 Å². The Hall–Kier alpha value is -3.96. The van der Waals surface area contributed by atoms with E-state index in [9.17, 15) is 27.2 Å². The quantitative estimate of drug-likeness (QED) is 0.232. The van der Waals surface area contributed by atoms with Crippen LogP contribution in [0.1, 0.15) is 72.3 Å². The molecule has 8 nitrogen and oxygen atoms in total. The molecule has 2 aromatic heterocycles. The third-order valence-corrected chi connectivity index (χ3v) is 9.58. The van der Waals surface area contributed by atoms with Gasteiger partial charge in [-0.15, -0.1) is 0 Å². The second-order valence-electron chi connectivity index (χ2n) is 12.5. The lowest BCUT2D eigenvalue weighted by Gasteiger charge is -2.43. The number of hydrogen-bond donors (Lipinski definition) is 0. The van der Waals surface area contributed by atoms with E-state index in [1.54, 1.807) is 40.1 Å². The first-order chi connectivity index (χ1) is 21.6. The molecule has 2 aliphatic heterocycles. The summed E-state index contributed by atoms with van der Waals surface area (Å²) in [5, 5.41) is 0. The zero-order valence-corrected chi connectivity index (χ0v) is 25.1. The number of carbonyl (C=O) groups is 2. The highest BCUT2D eigenvalue weighted by Crippen LogP contribution is 2.45. The number of hydrogen-bond acceptors (Lipinski definition) is 7. The van der Waals surface area contributed by atoms with E-state index < -0.39 is 29.2 Å². The maximum Gasteiger partial charge on any atom is 0.437 e. The number of aromatic nitrogens is 2. The minimum Gasteiger partial charge on any atom is -0.420 e. The number of alkyl halides is 3. The third-order valence-electron chi connectivity index (χ3n) is 9.58. The molecule has 3 fully saturated rings. The van der Waals surface area contributed by atoms with Gasteiger partial charge in [0.2, 0.25) is 17.5 Å². The van der Waals surface area contributed by atoms with Gasteiger partial charge in [0, 0.05) is 51.9 Å². The maximum atomic E-state index is 13.9. The van der Waals surface area contributed by atoms with Gasteiger partial charge in [0.15, 0.2) is 5.69 Å². The molecule has 3 aliphatic rings. The van der Waals surface area contributed by atoms with Crippen molar-refractivity contribution >= 4 is 23.5 Å². The SMILES string of the molecule is O=C(Cc1ccc(N2CCN(C(=O)Cc3ccccc3F)CC2)nc1)c1oc(N2CCC3(CCCCC3)CC2)nc1C(F)(F)F. The first-order valence-corrected chi connectivity index (χ1v) is 15.7. The molecule has 4 heterocycles. The van der Waals surface area contributed by atoms with Crippen molar-refractivity contribution in [2.24, 2.45) is 5.41 Å². The second-order valence-corrected chi connectivity index (χ2v) is 12.5. The van der Waals surface area contributed by atoms with Crippen LogP contribution in [0.3, 0.4) is 0 Å². The fourth-order valence-corrected chi connectivity index (χ4v) is 6.87. The number of benzene rings is 1. The Kier molecular flexibility index (Phi) is 8.83. The molecule has 3 aromatic rings. The topological polar surface area (TPSA) is 82.8 Å². The Morgan fingerprint density at radius 2 is 1.56 bits per heavy atom. The molecule has 1 spiro atoms. The largest absolute Gasteiger partial charge is 0.437 e. The van der Waals surface area contributed by atoms with Gasteiger partial charge in [-0.25, -0.2) is 9.37 Å². The number of Topliss-reactive ketones (excluding diaryl/α,β-unsaturated/α-hetero) is 1. The zero-order valence-electron chi connectivity index (χ0n) is 25.1. The summed E-state index contributed by atoms with van der Waals surface area (Å²) < 4.78 is 61.3. The van der Waals surface area contributed by atoms with Gasteiger partial charge in [0.25, 0.3) is 6.01 Å². The summed E-state index contributed by atoms with van der Waals surface area (Å²) >= 11 is 0. The highest BCUT2D eigenvalue weighted by molar-refractivity contribution is 5.96. The fourth-order valence-electron chi connectivity index (χ4n) is 6.87. The van der Waals surface area contributed by atoms with Crippen molar-refractivity contribution in [1.29, 1.82) is 0 Å². The van der Waals surface area contributed by atoms with Gasteiger partial charge in [0.05, 0.1) is 6.42 Å². The smallest absolute Gasteiger partial charge is 0.420 e. The van der Waals surface area contributed by atoms with E-state index >= 15 is 0 Å². The first-order valence-electron chi connectivity index (χ1n) is 15.7. The summed E-state index contributed by atoms with van der Waals surface area (Å²) in [5.41, 5.74) is -0.210. The number of halogens is 4. The van der Waals surface area contributed by atoms with E-state index in [-0.39, 0.29) is 30.2 Å². The molecule has 12 heteroatoms. The van der Waals surface area contributed by atoms with Crippen LogP contribution < -0.4 is 9.80 Å². The molecule has 1 aromatic carbocycles. The zero-order chi connectivity index (χ0) is 31.6. The minimum absolute atomic E-state index is 0.00485. The van der Waals surface area contributed by atoms with Crippen LogP contribution >= 0.6 is 0 Å². The summed E-state index contributed by atoms with van der Waals surface area (Å²) in [6.07, 6.45) is 4.05. The molecule has 6 rings (SSSR count). The van der Waals surface area contributed by atoms with Crippen LogP contribution in [0.2, 0.25) is 0 Å². The number of carbonyl (C=O) groups excluding carboxylic acids is 2. The Morgan fingerprint density at radius 3 is 2.20 bits per heavy atom. The number of amides is 1. The molecule has 0 N–H and O–H groups in total. The first kappa shape index (κ1) is 31.0. The number of rotatable bonds is 7. The van der Waals surface area contributed by atoms with E-state index in [4.69, 9.17) is 4.42 Å². The van der Waals surface area contributed by atoms with Gasteiger partial charge in [0.1, 0.15) is 11.6 Å². The van der Waals surface area contributed by atoms with Crippen LogP contribution in [0.5, 0.6) is 0 Å². The summed E-state index contributed by atoms with van der Waals surface area (Å²) in [7, 11) is 0. The second kappa shape index (κ2) is 12.8. The van der Waals surface area contributed by atoms with Gasteiger partial charge < -0.3 is 19.1 Å². The van der Waals surface area contributed by atoms with E-state index in [0.29, 0.717) is 56.2 Å². The Morgan fingerprint density at radius 1 is 0.844 bits per heavy atom. The maximum absolute atomic E-state index is 13.9.